The van der Waals surface area contributed by atoms with Crippen LogP contribution < -0.4 is 10.9 Å². The number of hydrogen-bond acceptors (Lipinski definition) is 11. The fraction of sp³-hybridized carbons (Fsp3) is 0.0588. The van der Waals surface area contributed by atoms with Gasteiger partial charge in [-0.3, -0.25) is 30.0 Å². The molecule has 13 nitrogen and oxygen atoms in total. The minimum absolute atomic E-state index is 0.0969. The van der Waals surface area contributed by atoms with Crippen molar-refractivity contribution < 1.29 is 32.8 Å². The van der Waals surface area contributed by atoms with Crippen molar-refractivity contribution in [1.29, 1.82) is 0 Å². The molecule has 0 aliphatic heterocycles. The van der Waals surface area contributed by atoms with Crippen LogP contribution in [-0.4, -0.2) is 46.9 Å². The number of aromatic nitrogens is 2. The molecule has 0 unspecified atom stereocenters. The van der Waals surface area contributed by atoms with Crippen LogP contribution in [0.5, 0.6) is 5.88 Å². The summed E-state index contributed by atoms with van der Waals surface area (Å²) in [6.45, 7) is -0.767. The first-order valence-corrected chi connectivity index (χ1v) is 10.7. The van der Waals surface area contributed by atoms with Gasteiger partial charge in [-0.15, -0.1) is 0 Å². The van der Waals surface area contributed by atoms with Crippen LogP contribution in [0.3, 0.4) is 0 Å². The monoisotopic (exact) mass is 480 g/mol. The van der Waals surface area contributed by atoms with Gasteiger partial charge in [0.15, 0.2) is 17.6 Å². The third-order valence-corrected chi connectivity index (χ3v) is 6.90. The Bertz CT molecular complexity index is 1360. The Morgan fingerprint density at radius 1 is 1.25 bits per heavy atom. The van der Waals surface area contributed by atoms with Crippen LogP contribution in [0.25, 0.3) is 0 Å². The number of nitro benzene ring substituents is 1. The Labute approximate surface area is 182 Å². The highest BCUT2D eigenvalue weighted by Gasteiger charge is 2.22. The van der Waals surface area contributed by atoms with Crippen LogP contribution in [0.2, 0.25) is 0 Å². The number of nitrogens with one attached hydrogen (secondary N) is 2. The van der Waals surface area contributed by atoms with E-state index in [1.165, 1.54) is 0 Å². The molecular formula is C17H12N4O9S2. The van der Waals surface area contributed by atoms with Gasteiger partial charge < -0.3 is 9.84 Å². The number of sulfone groups is 1. The van der Waals surface area contributed by atoms with Crippen molar-refractivity contribution >= 4 is 43.9 Å². The third kappa shape index (κ3) is 5.13. The molecule has 0 aliphatic carbocycles. The number of esters is 1. The Morgan fingerprint density at radius 3 is 2.56 bits per heavy atom. The minimum Gasteiger partial charge on any atom is -0.494 e. The number of aromatic amines is 1. The second-order valence-corrected chi connectivity index (χ2v) is 9.19. The van der Waals surface area contributed by atoms with Crippen molar-refractivity contribution in [2.45, 2.75) is 9.10 Å². The number of nitrogens with zero attached hydrogens (tertiary/aromatic N) is 2. The summed E-state index contributed by atoms with van der Waals surface area (Å²) < 4.78 is 29.7. The minimum atomic E-state index is -4.03. The van der Waals surface area contributed by atoms with Gasteiger partial charge in [0, 0.05) is 24.3 Å². The number of non-ortho nitro benzene ring substituents is 1. The molecule has 1 amide bonds. The number of pyridine rings is 1. The fourth-order valence-electron chi connectivity index (χ4n) is 2.32. The van der Waals surface area contributed by atoms with Gasteiger partial charge in [0.25, 0.3) is 17.2 Å². The van der Waals surface area contributed by atoms with E-state index in [0.29, 0.717) is 11.3 Å². The van der Waals surface area contributed by atoms with Crippen LogP contribution in [-0.2, 0) is 19.4 Å². The summed E-state index contributed by atoms with van der Waals surface area (Å²) in [6.07, 6.45) is 1.00. The van der Waals surface area contributed by atoms with Crippen molar-refractivity contribution in [2.75, 3.05) is 11.9 Å². The number of nitro groups is 1. The molecule has 3 N–H and O–H groups in total. The highest BCUT2D eigenvalue weighted by Crippen LogP contribution is 2.29. The van der Waals surface area contributed by atoms with Crippen molar-refractivity contribution in [3.8, 4) is 5.88 Å². The zero-order valence-corrected chi connectivity index (χ0v) is 17.3. The molecule has 0 spiro atoms. The molecule has 3 rings (SSSR count). The van der Waals surface area contributed by atoms with Gasteiger partial charge in [-0.05, 0) is 12.1 Å². The number of benzene rings is 1. The van der Waals surface area contributed by atoms with Crippen LogP contribution in [0.1, 0.15) is 10.4 Å². The lowest BCUT2D eigenvalue weighted by Crippen LogP contribution is -2.21. The molecule has 32 heavy (non-hydrogen) atoms. The topological polar surface area (TPSA) is 199 Å². The lowest BCUT2D eigenvalue weighted by Gasteiger charge is -2.04. The molecule has 0 aliphatic rings. The van der Waals surface area contributed by atoms with Gasteiger partial charge in [-0.25, -0.2) is 18.2 Å². The van der Waals surface area contributed by atoms with Crippen LogP contribution in [0, 0.1) is 10.1 Å². The van der Waals surface area contributed by atoms with Crippen LogP contribution in [0.4, 0.5) is 10.8 Å². The predicted octanol–water partition coefficient (Wildman–Crippen LogP) is 1.07. The third-order valence-electron chi connectivity index (χ3n) is 3.75. The first-order chi connectivity index (χ1) is 15.1. The van der Waals surface area contributed by atoms with E-state index in [1.54, 1.807) is 0 Å². The van der Waals surface area contributed by atoms with E-state index >= 15 is 0 Å². The second kappa shape index (κ2) is 8.94. The average molecular weight is 480 g/mol. The average Bonchev–Trinajstić information content (AvgIpc) is 3.20. The maximum atomic E-state index is 12.6. The first-order valence-electron chi connectivity index (χ1n) is 8.42. The molecule has 1 aromatic carbocycles. The van der Waals surface area contributed by atoms with E-state index in [-0.39, 0.29) is 25.5 Å². The standard InChI is InChI=1S/C17H12N4O9S2/c22-12-5-9(6-13(23)19-12)16(25)30-8-14(24)20-17-18-7-15(31-17)32(28,29)11-3-1-10(2-4-11)21(26)27/h1-7H,8H2,(H,18,20,24)(H2,19,22,23). The van der Waals surface area contributed by atoms with Crippen LogP contribution >= 0.6 is 11.3 Å². The molecule has 0 saturated heterocycles. The fourth-order valence-corrected chi connectivity index (χ4v) is 4.77. The molecule has 15 heteroatoms. The van der Waals surface area contributed by atoms with Gasteiger partial charge in [0.05, 0.1) is 21.6 Å². The number of aromatic hydroxyl groups is 1. The Morgan fingerprint density at radius 2 is 1.94 bits per heavy atom. The largest absolute Gasteiger partial charge is 0.494 e. The summed E-state index contributed by atoms with van der Waals surface area (Å²) >= 11 is 0.624. The highest BCUT2D eigenvalue weighted by molar-refractivity contribution is 7.93. The van der Waals surface area contributed by atoms with Gasteiger partial charge in [0.1, 0.15) is 4.21 Å². The molecule has 166 valence electrons. The van der Waals surface area contributed by atoms with E-state index < -0.39 is 44.7 Å². The lowest BCUT2D eigenvalue weighted by molar-refractivity contribution is -0.384. The molecule has 0 fully saturated rings. The summed E-state index contributed by atoms with van der Waals surface area (Å²) in [6, 6.07) is 6.07. The molecule has 0 bridgehead atoms. The number of thiazole rings is 1. The lowest BCUT2D eigenvalue weighted by atomic mass is 10.3. The van der Waals surface area contributed by atoms with E-state index in [2.05, 4.69) is 10.3 Å². The van der Waals surface area contributed by atoms with E-state index in [9.17, 15) is 38.0 Å². The number of ether oxygens (including phenoxy) is 1. The van der Waals surface area contributed by atoms with E-state index in [4.69, 9.17) is 4.74 Å². The van der Waals surface area contributed by atoms with Gasteiger partial charge in [0.2, 0.25) is 9.84 Å². The summed E-state index contributed by atoms with van der Waals surface area (Å²) in [5.74, 6) is -2.43. The van der Waals surface area contributed by atoms with Gasteiger partial charge in [-0.1, -0.05) is 11.3 Å². The second-order valence-electron chi connectivity index (χ2n) is 5.98. The predicted molar refractivity (Wildman–Crippen MR) is 108 cm³/mol. The number of rotatable bonds is 7. The van der Waals surface area contributed by atoms with Gasteiger partial charge in [-0.2, -0.15) is 0 Å². The first kappa shape index (κ1) is 22.6. The normalized spacial score (nSPS) is 11.0. The number of carbonyl (C=O) groups excluding carboxylic acids is 2. The number of hydrogen-bond donors (Lipinski definition) is 3. The van der Waals surface area contributed by atoms with E-state index in [0.717, 1.165) is 42.6 Å². The number of carbonyl (C=O) groups is 2. The van der Waals surface area contributed by atoms with Gasteiger partial charge >= 0.3 is 5.97 Å². The summed E-state index contributed by atoms with van der Waals surface area (Å²) in [5.41, 5.74) is -1.29. The van der Waals surface area contributed by atoms with Crippen molar-refractivity contribution in [3.05, 3.63) is 68.6 Å². The zero-order chi connectivity index (χ0) is 23.5. The smallest absolute Gasteiger partial charge is 0.339 e. The number of amides is 1. The molecule has 3 aromatic rings. The van der Waals surface area contributed by atoms with Crippen molar-refractivity contribution in [2.24, 2.45) is 0 Å². The molecule has 0 radical (unpaired) electrons. The number of anilines is 1. The summed E-state index contributed by atoms with van der Waals surface area (Å²) in [7, 11) is -4.03. The maximum absolute atomic E-state index is 12.6. The maximum Gasteiger partial charge on any atom is 0.339 e. The zero-order valence-electron chi connectivity index (χ0n) is 15.7. The van der Waals surface area contributed by atoms with Crippen LogP contribution in [0.15, 0.2) is 56.5 Å². The highest BCUT2D eigenvalue weighted by atomic mass is 32.2. The van der Waals surface area contributed by atoms with E-state index in [1.807, 2.05) is 4.98 Å². The van der Waals surface area contributed by atoms with Crippen molar-refractivity contribution in [1.82, 2.24) is 9.97 Å². The molecule has 0 saturated carbocycles. The SMILES string of the molecule is O=C(COC(=O)c1cc(O)[nH]c(=O)c1)Nc1ncc(S(=O)(=O)c2ccc([N+](=O)[O-])cc2)s1. The number of H-pyrrole nitrogens is 1. The quantitative estimate of drug-likeness (QED) is 0.250. The molecule has 2 heterocycles. The summed E-state index contributed by atoms with van der Waals surface area (Å²) in [5, 5.41) is 22.1. The summed E-state index contributed by atoms with van der Waals surface area (Å²) in [4.78, 5) is 50.7. The molecular weight excluding hydrogens is 468 g/mol. The Hall–Kier alpha value is -4.11. The Kier molecular flexibility index (Phi) is 6.31. The Balaban J connectivity index is 1.64. The molecule has 0 atom stereocenters. The van der Waals surface area contributed by atoms with Crippen molar-refractivity contribution in [3.63, 3.8) is 0 Å². The molecule has 2 aromatic heterocycles.